The first-order valence-corrected chi connectivity index (χ1v) is 10.4. The predicted molar refractivity (Wildman–Crippen MR) is 110 cm³/mol. The van der Waals surface area contributed by atoms with Gasteiger partial charge in [-0.1, -0.05) is 12.1 Å². The molecule has 5 heteroatoms. The molecule has 2 aliphatic heterocycles. The van der Waals surface area contributed by atoms with Gasteiger partial charge < -0.3 is 15.1 Å². The fraction of sp³-hybridized carbons (Fsp3) is 0.478. The van der Waals surface area contributed by atoms with Gasteiger partial charge in [-0.25, -0.2) is 0 Å². The van der Waals surface area contributed by atoms with E-state index in [9.17, 15) is 9.59 Å². The van der Waals surface area contributed by atoms with E-state index in [2.05, 4.69) is 40.6 Å². The summed E-state index contributed by atoms with van der Waals surface area (Å²) in [7, 11) is 0. The molecule has 0 bridgehead atoms. The number of nitrogens with one attached hydrogen (secondary N) is 1. The molecular weight excluding hydrogens is 350 g/mol. The molecular formula is C23H29N3O2. The third-order valence-corrected chi connectivity index (χ3v) is 6.19. The number of allylic oxidation sites excluding steroid dienone is 3. The van der Waals surface area contributed by atoms with Crippen molar-refractivity contribution < 1.29 is 9.59 Å². The molecule has 1 aliphatic carbocycles. The van der Waals surface area contributed by atoms with Gasteiger partial charge in [-0.2, -0.15) is 0 Å². The van der Waals surface area contributed by atoms with Crippen LogP contribution >= 0.6 is 0 Å². The molecule has 1 aromatic rings. The highest BCUT2D eigenvalue weighted by molar-refractivity contribution is 5.94. The van der Waals surface area contributed by atoms with Gasteiger partial charge in [0.25, 0.3) is 5.91 Å². The summed E-state index contributed by atoms with van der Waals surface area (Å²) in [6, 6.07) is 6.15. The van der Waals surface area contributed by atoms with E-state index in [0.29, 0.717) is 12.5 Å². The van der Waals surface area contributed by atoms with Crippen molar-refractivity contribution in [3.05, 3.63) is 58.8 Å². The van der Waals surface area contributed by atoms with E-state index >= 15 is 0 Å². The van der Waals surface area contributed by atoms with Crippen molar-refractivity contribution in [3.8, 4) is 0 Å². The van der Waals surface area contributed by atoms with Crippen LogP contribution in [0.3, 0.4) is 0 Å². The van der Waals surface area contributed by atoms with Crippen LogP contribution in [0.1, 0.15) is 41.3 Å². The van der Waals surface area contributed by atoms with Crippen LogP contribution < -0.4 is 5.32 Å². The molecule has 28 heavy (non-hydrogen) atoms. The van der Waals surface area contributed by atoms with E-state index in [-0.39, 0.29) is 11.8 Å². The maximum absolute atomic E-state index is 12.7. The minimum Gasteiger partial charge on any atom is -0.371 e. The molecule has 5 nitrogen and oxygen atoms in total. The maximum Gasteiger partial charge on any atom is 0.251 e. The van der Waals surface area contributed by atoms with Gasteiger partial charge in [0.2, 0.25) is 5.91 Å². The number of hydrogen-bond donors (Lipinski definition) is 1. The number of carbonyl (C=O) groups is 2. The monoisotopic (exact) mass is 379 g/mol. The van der Waals surface area contributed by atoms with Crippen molar-refractivity contribution in [1.82, 2.24) is 15.1 Å². The first-order valence-electron chi connectivity index (χ1n) is 10.4. The summed E-state index contributed by atoms with van der Waals surface area (Å²) in [5.41, 5.74) is 4.71. The Hall–Kier alpha value is -2.56. The summed E-state index contributed by atoms with van der Waals surface area (Å²) >= 11 is 0. The first kappa shape index (κ1) is 18.8. The Labute approximate surface area is 167 Å². The van der Waals surface area contributed by atoms with Crippen LogP contribution in [-0.2, 0) is 17.6 Å². The molecule has 148 valence electrons. The van der Waals surface area contributed by atoms with E-state index in [1.807, 2.05) is 11.0 Å². The molecule has 2 amide bonds. The van der Waals surface area contributed by atoms with Crippen LogP contribution in [0, 0.1) is 5.92 Å². The Morgan fingerprint density at radius 3 is 2.64 bits per heavy atom. The number of piperidine rings is 1. The van der Waals surface area contributed by atoms with Crippen LogP contribution in [0.4, 0.5) is 0 Å². The highest BCUT2D eigenvalue weighted by atomic mass is 16.2. The van der Waals surface area contributed by atoms with Crippen molar-refractivity contribution in [2.24, 2.45) is 5.92 Å². The highest BCUT2D eigenvalue weighted by Crippen LogP contribution is 2.23. The van der Waals surface area contributed by atoms with Crippen molar-refractivity contribution in [3.63, 3.8) is 0 Å². The van der Waals surface area contributed by atoms with E-state index < -0.39 is 0 Å². The number of nitrogens with zero attached hydrogens (tertiary/aromatic N) is 2. The van der Waals surface area contributed by atoms with Gasteiger partial charge in [0.05, 0.1) is 0 Å². The third kappa shape index (κ3) is 4.13. The molecule has 1 atom stereocenters. The van der Waals surface area contributed by atoms with Crippen LogP contribution in [0.5, 0.6) is 0 Å². The standard InChI is InChI=1S/C23H29N3O2/c1-17(27)26-11-3-4-18(16-26)15-24-23(28)21-8-7-19-9-12-25(22-5-2-6-22)13-10-20(19)14-21/h2,5-8,14,18H,3-4,9-13,15-16H2,1H3,(H,24,28). The number of amides is 2. The Balaban J connectivity index is 1.34. The number of likely N-dealkylation sites (tertiary alicyclic amines) is 1. The molecule has 0 saturated carbocycles. The number of rotatable bonds is 4. The molecule has 1 saturated heterocycles. The van der Waals surface area contributed by atoms with Crippen LogP contribution in [0.25, 0.3) is 0 Å². The molecule has 1 aromatic carbocycles. The fourth-order valence-corrected chi connectivity index (χ4v) is 4.37. The van der Waals surface area contributed by atoms with Crippen molar-refractivity contribution >= 4 is 11.8 Å². The fourth-order valence-electron chi connectivity index (χ4n) is 4.37. The van der Waals surface area contributed by atoms with Gasteiger partial charge in [-0.3, -0.25) is 9.59 Å². The second kappa shape index (κ2) is 8.21. The third-order valence-electron chi connectivity index (χ3n) is 6.19. The van der Waals surface area contributed by atoms with Crippen molar-refractivity contribution in [1.29, 1.82) is 0 Å². The second-order valence-electron chi connectivity index (χ2n) is 8.10. The van der Waals surface area contributed by atoms with Crippen LogP contribution in [-0.4, -0.2) is 54.3 Å². The summed E-state index contributed by atoms with van der Waals surface area (Å²) in [5, 5.41) is 3.09. The Morgan fingerprint density at radius 2 is 1.93 bits per heavy atom. The average Bonchev–Trinajstić information content (AvgIpc) is 2.87. The van der Waals surface area contributed by atoms with Crippen LogP contribution in [0.15, 0.2) is 42.1 Å². The normalized spacial score (nSPS) is 21.3. The van der Waals surface area contributed by atoms with Gasteiger partial charge in [-0.15, -0.1) is 0 Å². The lowest BCUT2D eigenvalue weighted by Gasteiger charge is -2.32. The molecule has 4 rings (SSSR count). The topological polar surface area (TPSA) is 52.7 Å². The smallest absolute Gasteiger partial charge is 0.251 e. The summed E-state index contributed by atoms with van der Waals surface area (Å²) in [6.07, 6.45) is 10.5. The number of carbonyl (C=O) groups excluding carboxylic acids is 2. The van der Waals surface area contributed by atoms with Gasteiger partial charge in [-0.05, 0) is 67.0 Å². The number of benzene rings is 1. The SMILES string of the molecule is CC(=O)N1CCCC(CNC(=O)c2ccc3c(c2)CCN(C2=CC=C2)CC3)C1. The molecule has 3 aliphatic rings. The van der Waals surface area contributed by atoms with Crippen LogP contribution in [0.2, 0.25) is 0 Å². The number of hydrogen-bond acceptors (Lipinski definition) is 3. The predicted octanol–water partition coefficient (Wildman–Crippen LogP) is 2.53. The zero-order chi connectivity index (χ0) is 19.5. The number of fused-ring (bicyclic) bond motifs is 1. The van der Waals surface area contributed by atoms with Gasteiger partial charge >= 0.3 is 0 Å². The Kier molecular flexibility index (Phi) is 5.51. The van der Waals surface area contributed by atoms with Gasteiger partial charge in [0.1, 0.15) is 0 Å². The summed E-state index contributed by atoms with van der Waals surface area (Å²) < 4.78 is 0. The Bertz CT molecular complexity index is 827. The summed E-state index contributed by atoms with van der Waals surface area (Å²) in [6.45, 7) is 5.87. The van der Waals surface area contributed by atoms with E-state index in [0.717, 1.165) is 57.4 Å². The largest absolute Gasteiger partial charge is 0.371 e. The average molecular weight is 380 g/mol. The van der Waals surface area contributed by atoms with E-state index in [4.69, 9.17) is 0 Å². The second-order valence-corrected chi connectivity index (χ2v) is 8.10. The van der Waals surface area contributed by atoms with E-state index in [1.165, 1.54) is 16.8 Å². The minimum atomic E-state index is -0.00603. The molecule has 0 spiro atoms. The molecule has 0 aromatic heterocycles. The summed E-state index contributed by atoms with van der Waals surface area (Å²) in [4.78, 5) is 28.6. The quantitative estimate of drug-likeness (QED) is 0.875. The minimum absolute atomic E-state index is 0.00603. The lowest BCUT2D eigenvalue weighted by Crippen LogP contribution is -2.42. The first-order chi connectivity index (χ1) is 13.6. The van der Waals surface area contributed by atoms with Crippen molar-refractivity contribution in [2.75, 3.05) is 32.7 Å². The molecule has 1 fully saturated rings. The van der Waals surface area contributed by atoms with Crippen molar-refractivity contribution in [2.45, 2.75) is 32.6 Å². The van der Waals surface area contributed by atoms with E-state index in [1.54, 1.807) is 6.92 Å². The van der Waals surface area contributed by atoms with Gasteiger partial charge in [0, 0.05) is 50.9 Å². The van der Waals surface area contributed by atoms with Gasteiger partial charge in [0.15, 0.2) is 0 Å². The lowest BCUT2D eigenvalue weighted by molar-refractivity contribution is -0.130. The summed E-state index contributed by atoms with van der Waals surface area (Å²) in [5.74, 6) is 0.470. The highest BCUT2D eigenvalue weighted by Gasteiger charge is 2.22. The zero-order valence-electron chi connectivity index (χ0n) is 16.6. The Morgan fingerprint density at radius 1 is 1.14 bits per heavy atom. The maximum atomic E-state index is 12.7. The molecule has 2 heterocycles. The lowest BCUT2D eigenvalue weighted by atomic mass is 9.97. The molecule has 0 radical (unpaired) electrons. The molecule has 1 unspecified atom stereocenters. The zero-order valence-corrected chi connectivity index (χ0v) is 16.6. The molecule has 1 N–H and O–H groups in total.